The molecule has 3 saturated carbocycles. The molecule has 4 aliphatic rings. The lowest BCUT2D eigenvalue weighted by atomic mass is 9.42. The lowest BCUT2D eigenvalue weighted by Crippen LogP contribution is -2.70. The normalized spacial score (nSPS) is 41.1. The van der Waals surface area contributed by atoms with Gasteiger partial charge in [-0.3, -0.25) is 4.79 Å². The Bertz CT molecular complexity index is 324. The van der Waals surface area contributed by atoms with Crippen LogP contribution in [0.4, 0.5) is 4.39 Å². The number of rotatable bonds is 2. The Labute approximate surface area is 103 Å². The van der Waals surface area contributed by atoms with Crippen molar-refractivity contribution in [3.63, 3.8) is 0 Å². The van der Waals surface area contributed by atoms with E-state index in [2.05, 4.69) is 13.8 Å². The van der Waals surface area contributed by atoms with Crippen molar-refractivity contribution in [3.05, 3.63) is 0 Å². The topological polar surface area (TPSA) is 20.3 Å². The Kier molecular flexibility index (Phi) is 2.34. The second-order valence-corrected chi connectivity index (χ2v) is 6.84. The van der Waals surface area contributed by atoms with Crippen LogP contribution >= 0.6 is 0 Å². The summed E-state index contributed by atoms with van der Waals surface area (Å²) in [6.07, 6.45) is 3.76. The fraction of sp³-hybridized carbons (Fsp3) is 0.929. The molecule has 0 aromatic heterocycles. The number of hydrogen-bond acceptors (Lipinski definition) is 1. The van der Waals surface area contributed by atoms with Crippen LogP contribution in [0.15, 0.2) is 0 Å². The maximum atomic E-state index is 13.4. The fourth-order valence-electron chi connectivity index (χ4n) is 4.00. The van der Waals surface area contributed by atoms with Crippen molar-refractivity contribution in [2.24, 2.45) is 17.3 Å². The van der Waals surface area contributed by atoms with Crippen molar-refractivity contribution in [1.82, 2.24) is 4.90 Å². The van der Waals surface area contributed by atoms with Gasteiger partial charge >= 0.3 is 0 Å². The second-order valence-electron chi connectivity index (χ2n) is 6.84. The molecule has 0 spiro atoms. The van der Waals surface area contributed by atoms with Crippen LogP contribution < -0.4 is 0 Å². The molecular weight excluding hydrogens is 217 g/mol. The number of halogens is 1. The van der Waals surface area contributed by atoms with Gasteiger partial charge in [-0.05, 0) is 43.9 Å². The molecule has 0 N–H and O–H groups in total. The minimum absolute atomic E-state index is 0.249. The average Bonchev–Trinajstić information content (AvgIpc) is 2.23. The summed E-state index contributed by atoms with van der Waals surface area (Å²) in [7, 11) is 0. The van der Waals surface area contributed by atoms with Gasteiger partial charge in [0.1, 0.15) is 5.67 Å². The fourth-order valence-corrected chi connectivity index (χ4v) is 4.00. The maximum Gasteiger partial charge on any atom is 0.229 e. The van der Waals surface area contributed by atoms with Gasteiger partial charge < -0.3 is 4.90 Å². The van der Waals surface area contributed by atoms with E-state index in [-0.39, 0.29) is 11.3 Å². The number of amides is 1. The molecule has 3 aliphatic carbocycles. The molecule has 1 saturated heterocycles. The lowest BCUT2D eigenvalue weighted by molar-refractivity contribution is -0.222. The van der Waals surface area contributed by atoms with Crippen LogP contribution in [0, 0.1) is 17.3 Å². The van der Waals surface area contributed by atoms with Gasteiger partial charge in [0, 0.05) is 13.1 Å². The van der Waals surface area contributed by atoms with Crippen LogP contribution in [0.1, 0.15) is 46.0 Å². The number of likely N-dealkylation sites (tertiary alicyclic amines) is 1. The van der Waals surface area contributed by atoms with Crippen LogP contribution in [0.2, 0.25) is 0 Å². The maximum absolute atomic E-state index is 13.4. The molecule has 1 amide bonds. The first-order valence-corrected chi connectivity index (χ1v) is 6.93. The third-order valence-electron chi connectivity index (χ3n) is 5.19. The molecule has 4 fully saturated rings. The van der Waals surface area contributed by atoms with Gasteiger partial charge in [0.05, 0.1) is 5.41 Å². The van der Waals surface area contributed by atoms with Crippen LogP contribution in [0.25, 0.3) is 0 Å². The van der Waals surface area contributed by atoms with E-state index < -0.39 is 5.67 Å². The molecule has 3 heteroatoms. The Hall–Kier alpha value is -0.600. The molecule has 0 radical (unpaired) electrons. The monoisotopic (exact) mass is 239 g/mol. The number of carbonyl (C=O) groups is 1. The highest BCUT2D eigenvalue weighted by Gasteiger charge is 2.73. The quantitative estimate of drug-likeness (QED) is 0.725. The zero-order valence-corrected chi connectivity index (χ0v) is 10.8. The molecule has 1 aliphatic heterocycles. The number of hydrogen-bond donors (Lipinski definition) is 0. The first-order valence-electron chi connectivity index (χ1n) is 6.93. The zero-order chi connectivity index (χ0) is 12.3. The highest BCUT2D eigenvalue weighted by molar-refractivity contribution is 5.87. The summed E-state index contributed by atoms with van der Waals surface area (Å²) < 4.78 is 13.4. The van der Waals surface area contributed by atoms with Crippen molar-refractivity contribution >= 4 is 5.91 Å². The lowest BCUT2D eigenvalue weighted by Gasteiger charge is -2.65. The number of carbonyl (C=O) groups excluding carboxylic acids is 1. The molecule has 0 unspecified atom stereocenters. The molecule has 96 valence electrons. The standard InChI is InChI=1S/C14H22FNO/c1-10(2)11-3-5-16(6-4-11)12(17)13-7-14(15,8-13)9-13/h10-11H,3-9H2,1-2H3. The average molecular weight is 239 g/mol. The highest BCUT2D eigenvalue weighted by atomic mass is 19.1. The zero-order valence-electron chi connectivity index (χ0n) is 10.8. The van der Waals surface area contributed by atoms with E-state index in [1.807, 2.05) is 4.90 Å². The van der Waals surface area contributed by atoms with E-state index in [1.54, 1.807) is 0 Å². The van der Waals surface area contributed by atoms with Crippen molar-refractivity contribution in [3.8, 4) is 0 Å². The Morgan fingerprint density at radius 3 is 2.18 bits per heavy atom. The summed E-state index contributed by atoms with van der Waals surface area (Å²) >= 11 is 0. The van der Waals surface area contributed by atoms with E-state index in [4.69, 9.17) is 0 Å². The SMILES string of the molecule is CC(C)C1CCN(C(=O)C23CC(F)(C2)C3)CC1. The van der Waals surface area contributed by atoms with Gasteiger partial charge in [0.2, 0.25) is 5.91 Å². The van der Waals surface area contributed by atoms with Crippen LogP contribution in [-0.2, 0) is 4.79 Å². The Morgan fingerprint density at radius 1 is 1.24 bits per heavy atom. The first-order chi connectivity index (χ1) is 7.94. The van der Waals surface area contributed by atoms with Crippen molar-refractivity contribution < 1.29 is 9.18 Å². The summed E-state index contributed by atoms with van der Waals surface area (Å²) in [6, 6.07) is 0. The van der Waals surface area contributed by atoms with Crippen molar-refractivity contribution in [2.45, 2.75) is 51.6 Å². The van der Waals surface area contributed by atoms with Crippen molar-refractivity contribution in [1.29, 1.82) is 0 Å². The largest absolute Gasteiger partial charge is 0.342 e. The Morgan fingerprint density at radius 2 is 1.76 bits per heavy atom. The molecule has 4 rings (SSSR count). The predicted octanol–water partition coefficient (Wildman–Crippen LogP) is 2.77. The van der Waals surface area contributed by atoms with Gasteiger partial charge in [-0.2, -0.15) is 0 Å². The molecule has 0 aromatic carbocycles. The minimum Gasteiger partial charge on any atom is -0.342 e. The summed E-state index contributed by atoms with van der Waals surface area (Å²) in [6.45, 7) is 6.30. The molecule has 0 aromatic rings. The number of nitrogens with zero attached hydrogens (tertiary/aromatic N) is 1. The van der Waals surface area contributed by atoms with Gasteiger partial charge in [0.25, 0.3) is 0 Å². The summed E-state index contributed by atoms with van der Waals surface area (Å²) in [5.74, 6) is 1.73. The first kappa shape index (κ1) is 11.5. The summed E-state index contributed by atoms with van der Waals surface area (Å²) in [5.41, 5.74) is -1.22. The molecular formula is C14H22FNO. The van der Waals surface area contributed by atoms with E-state index in [1.165, 1.54) is 0 Å². The van der Waals surface area contributed by atoms with Crippen LogP contribution in [0.3, 0.4) is 0 Å². The van der Waals surface area contributed by atoms with Gasteiger partial charge in [-0.15, -0.1) is 0 Å². The molecule has 17 heavy (non-hydrogen) atoms. The van der Waals surface area contributed by atoms with Gasteiger partial charge in [-0.1, -0.05) is 13.8 Å². The number of piperidine rings is 1. The van der Waals surface area contributed by atoms with Crippen molar-refractivity contribution in [2.75, 3.05) is 13.1 Å². The van der Waals surface area contributed by atoms with Gasteiger partial charge in [-0.25, -0.2) is 4.39 Å². The van der Waals surface area contributed by atoms with E-state index in [0.717, 1.165) is 37.8 Å². The number of alkyl halides is 1. The minimum atomic E-state index is -0.952. The predicted molar refractivity (Wildman–Crippen MR) is 64.3 cm³/mol. The Balaban J connectivity index is 1.55. The molecule has 2 nitrogen and oxygen atoms in total. The molecule has 0 atom stereocenters. The smallest absolute Gasteiger partial charge is 0.229 e. The summed E-state index contributed by atoms with van der Waals surface area (Å²) in [4.78, 5) is 14.3. The second kappa shape index (κ2) is 3.46. The third kappa shape index (κ3) is 1.61. The van der Waals surface area contributed by atoms with E-state index in [0.29, 0.717) is 19.3 Å². The summed E-state index contributed by atoms with van der Waals surface area (Å²) in [5, 5.41) is 0. The molecule has 1 heterocycles. The third-order valence-corrected chi connectivity index (χ3v) is 5.19. The van der Waals surface area contributed by atoms with E-state index >= 15 is 0 Å². The van der Waals surface area contributed by atoms with Crippen LogP contribution in [-0.4, -0.2) is 29.6 Å². The van der Waals surface area contributed by atoms with E-state index in [9.17, 15) is 9.18 Å². The highest BCUT2D eigenvalue weighted by Crippen LogP contribution is 2.70. The van der Waals surface area contributed by atoms with Crippen LogP contribution in [0.5, 0.6) is 0 Å². The molecule has 2 bridgehead atoms. The van der Waals surface area contributed by atoms with Gasteiger partial charge in [0.15, 0.2) is 0 Å².